The van der Waals surface area contributed by atoms with E-state index in [2.05, 4.69) is 21.2 Å². The predicted octanol–water partition coefficient (Wildman–Crippen LogP) is 5.02. The molecule has 0 bridgehead atoms. The Balaban J connectivity index is 2.25. The highest BCUT2D eigenvalue weighted by Crippen LogP contribution is 2.28. The van der Waals surface area contributed by atoms with E-state index in [0.29, 0.717) is 31.5 Å². The molecule has 1 amide bonds. The van der Waals surface area contributed by atoms with Crippen LogP contribution in [-0.4, -0.2) is 13.0 Å². The molecule has 2 aromatic rings. The molecule has 0 spiro atoms. The monoisotopic (exact) mass is 373 g/mol. The molecule has 0 fully saturated rings. The lowest BCUT2D eigenvalue weighted by atomic mass is 10.2. The van der Waals surface area contributed by atoms with Crippen molar-refractivity contribution < 1.29 is 9.53 Å². The van der Waals surface area contributed by atoms with Crippen molar-refractivity contribution in [2.45, 2.75) is 0 Å². The van der Waals surface area contributed by atoms with Crippen molar-refractivity contribution in [2.75, 3.05) is 12.4 Å². The first kappa shape index (κ1) is 15.2. The van der Waals surface area contributed by atoms with E-state index in [0.717, 1.165) is 0 Å². The largest absolute Gasteiger partial charge is 0.495 e. The van der Waals surface area contributed by atoms with E-state index in [9.17, 15) is 4.79 Å². The summed E-state index contributed by atoms with van der Waals surface area (Å²) in [6.45, 7) is 0. The standard InChI is InChI=1S/C14H10BrCl2NO2/c1-20-13-7-9(3-5-12(13)17)18-14(19)10-6-8(16)2-4-11(10)15/h2-7H,1H3,(H,18,19). The summed E-state index contributed by atoms with van der Waals surface area (Å²) in [5.74, 6) is 0.221. The third-order valence-corrected chi connectivity index (χ3v) is 3.82. The number of carbonyl (C=O) groups excluding carboxylic acids is 1. The van der Waals surface area contributed by atoms with Gasteiger partial charge in [-0.15, -0.1) is 0 Å². The van der Waals surface area contributed by atoms with Gasteiger partial charge >= 0.3 is 0 Å². The fourth-order valence-electron chi connectivity index (χ4n) is 1.61. The number of carbonyl (C=O) groups is 1. The number of nitrogens with one attached hydrogen (secondary N) is 1. The summed E-state index contributed by atoms with van der Waals surface area (Å²) in [5.41, 5.74) is 1.04. The second-order valence-corrected chi connectivity index (χ2v) is 5.63. The van der Waals surface area contributed by atoms with Gasteiger partial charge in [-0.2, -0.15) is 0 Å². The number of hydrogen-bond donors (Lipinski definition) is 1. The number of ether oxygens (including phenoxy) is 1. The molecule has 0 atom stereocenters. The molecule has 0 heterocycles. The van der Waals surface area contributed by atoms with Crippen LogP contribution in [0.25, 0.3) is 0 Å². The molecular formula is C14H10BrCl2NO2. The van der Waals surface area contributed by atoms with Crippen LogP contribution in [0.3, 0.4) is 0 Å². The molecule has 0 aliphatic heterocycles. The van der Waals surface area contributed by atoms with Crippen LogP contribution < -0.4 is 10.1 Å². The molecule has 0 aliphatic carbocycles. The van der Waals surface area contributed by atoms with E-state index < -0.39 is 0 Å². The van der Waals surface area contributed by atoms with Gasteiger partial charge in [0.15, 0.2) is 0 Å². The first-order valence-corrected chi connectivity index (χ1v) is 7.16. The summed E-state index contributed by atoms with van der Waals surface area (Å²) < 4.78 is 5.77. The highest BCUT2D eigenvalue weighted by Gasteiger charge is 2.12. The maximum Gasteiger partial charge on any atom is 0.256 e. The lowest BCUT2D eigenvalue weighted by Gasteiger charge is -2.09. The van der Waals surface area contributed by atoms with Gasteiger partial charge in [0.1, 0.15) is 5.75 Å². The van der Waals surface area contributed by atoms with E-state index in [1.807, 2.05) is 0 Å². The van der Waals surface area contributed by atoms with Gasteiger partial charge in [0, 0.05) is 21.2 Å². The molecule has 0 saturated carbocycles. The van der Waals surface area contributed by atoms with E-state index >= 15 is 0 Å². The molecule has 104 valence electrons. The van der Waals surface area contributed by atoms with Crippen molar-refractivity contribution in [3.05, 3.63) is 56.5 Å². The van der Waals surface area contributed by atoms with Crippen LogP contribution in [0.4, 0.5) is 5.69 Å². The van der Waals surface area contributed by atoms with Gasteiger partial charge in [-0.1, -0.05) is 23.2 Å². The fraction of sp³-hybridized carbons (Fsp3) is 0.0714. The van der Waals surface area contributed by atoms with E-state index in [1.165, 1.54) is 7.11 Å². The highest BCUT2D eigenvalue weighted by atomic mass is 79.9. The quantitative estimate of drug-likeness (QED) is 0.819. The van der Waals surface area contributed by atoms with Gasteiger partial charge in [0.25, 0.3) is 5.91 Å². The lowest BCUT2D eigenvalue weighted by molar-refractivity contribution is 0.102. The van der Waals surface area contributed by atoms with Crippen LogP contribution >= 0.6 is 39.1 Å². The van der Waals surface area contributed by atoms with Crippen molar-refractivity contribution in [2.24, 2.45) is 0 Å². The second-order valence-electron chi connectivity index (χ2n) is 3.93. The molecule has 0 radical (unpaired) electrons. The maximum absolute atomic E-state index is 12.2. The first-order valence-electron chi connectivity index (χ1n) is 5.61. The molecular weight excluding hydrogens is 365 g/mol. The topological polar surface area (TPSA) is 38.3 Å². The number of anilines is 1. The van der Waals surface area contributed by atoms with Crippen LogP contribution in [0.2, 0.25) is 10.0 Å². The Morgan fingerprint density at radius 2 is 1.95 bits per heavy atom. The smallest absolute Gasteiger partial charge is 0.256 e. The van der Waals surface area contributed by atoms with Crippen LogP contribution in [0.1, 0.15) is 10.4 Å². The number of halogens is 3. The summed E-state index contributed by atoms with van der Waals surface area (Å²) in [7, 11) is 1.51. The van der Waals surface area contributed by atoms with Gasteiger partial charge in [0.05, 0.1) is 17.7 Å². The summed E-state index contributed by atoms with van der Waals surface area (Å²) in [5, 5.41) is 3.74. The van der Waals surface area contributed by atoms with Crippen molar-refractivity contribution in [1.29, 1.82) is 0 Å². The molecule has 1 N–H and O–H groups in total. The Bertz CT molecular complexity index is 662. The van der Waals surface area contributed by atoms with Crippen LogP contribution in [0, 0.1) is 0 Å². The molecule has 6 heteroatoms. The molecule has 0 unspecified atom stereocenters. The summed E-state index contributed by atoms with van der Waals surface area (Å²) in [6.07, 6.45) is 0. The Morgan fingerprint density at radius 1 is 1.20 bits per heavy atom. The van der Waals surface area contributed by atoms with Gasteiger partial charge in [0.2, 0.25) is 0 Å². The minimum absolute atomic E-state index is 0.274. The van der Waals surface area contributed by atoms with E-state index in [-0.39, 0.29) is 5.91 Å². The molecule has 0 aromatic heterocycles. The number of benzene rings is 2. The number of hydrogen-bond acceptors (Lipinski definition) is 2. The van der Waals surface area contributed by atoms with Gasteiger partial charge in [-0.25, -0.2) is 0 Å². The highest BCUT2D eigenvalue weighted by molar-refractivity contribution is 9.10. The second kappa shape index (κ2) is 6.48. The molecule has 3 nitrogen and oxygen atoms in total. The first-order chi connectivity index (χ1) is 9.51. The normalized spacial score (nSPS) is 10.2. The number of amides is 1. The zero-order valence-electron chi connectivity index (χ0n) is 10.4. The van der Waals surface area contributed by atoms with Crippen molar-refractivity contribution >= 4 is 50.7 Å². The summed E-state index contributed by atoms with van der Waals surface area (Å²) >= 11 is 15.1. The Morgan fingerprint density at radius 3 is 2.65 bits per heavy atom. The minimum atomic E-state index is -0.274. The minimum Gasteiger partial charge on any atom is -0.495 e. The predicted molar refractivity (Wildman–Crippen MR) is 85.1 cm³/mol. The summed E-state index contributed by atoms with van der Waals surface area (Å²) in [6, 6.07) is 10.0. The molecule has 0 saturated heterocycles. The Kier molecular flexibility index (Phi) is 4.91. The zero-order valence-corrected chi connectivity index (χ0v) is 13.5. The van der Waals surface area contributed by atoms with Crippen molar-refractivity contribution in [1.82, 2.24) is 0 Å². The van der Waals surface area contributed by atoms with Gasteiger partial charge in [-0.05, 0) is 46.3 Å². The van der Waals surface area contributed by atoms with Crippen LogP contribution in [-0.2, 0) is 0 Å². The third kappa shape index (κ3) is 3.45. The summed E-state index contributed by atoms with van der Waals surface area (Å²) in [4.78, 5) is 12.2. The molecule has 2 rings (SSSR count). The SMILES string of the molecule is COc1cc(NC(=O)c2cc(Cl)ccc2Br)ccc1Cl. The maximum atomic E-state index is 12.2. The Hall–Kier alpha value is -1.23. The average molecular weight is 375 g/mol. The third-order valence-electron chi connectivity index (χ3n) is 2.58. The van der Waals surface area contributed by atoms with E-state index in [4.69, 9.17) is 27.9 Å². The number of methoxy groups -OCH3 is 1. The van der Waals surface area contributed by atoms with Gasteiger partial charge in [-0.3, -0.25) is 4.79 Å². The van der Waals surface area contributed by atoms with Crippen LogP contribution in [0.15, 0.2) is 40.9 Å². The van der Waals surface area contributed by atoms with Crippen LogP contribution in [0.5, 0.6) is 5.75 Å². The molecule has 2 aromatic carbocycles. The van der Waals surface area contributed by atoms with Gasteiger partial charge < -0.3 is 10.1 Å². The Labute approximate surface area is 135 Å². The number of rotatable bonds is 3. The van der Waals surface area contributed by atoms with Crippen molar-refractivity contribution in [3.63, 3.8) is 0 Å². The fourth-order valence-corrected chi connectivity index (χ4v) is 2.40. The lowest BCUT2D eigenvalue weighted by Crippen LogP contribution is -2.12. The molecule has 0 aliphatic rings. The van der Waals surface area contributed by atoms with E-state index in [1.54, 1.807) is 36.4 Å². The zero-order chi connectivity index (χ0) is 14.7. The molecule has 20 heavy (non-hydrogen) atoms. The van der Waals surface area contributed by atoms with Crippen molar-refractivity contribution in [3.8, 4) is 5.75 Å². The average Bonchev–Trinajstić information content (AvgIpc) is 2.43.